The number of nitrogens with one attached hydrogen (secondary N) is 1. The van der Waals surface area contributed by atoms with Crippen LogP contribution < -0.4 is 10.2 Å². The maximum atomic E-state index is 13.4. The monoisotopic (exact) mass is 420 g/mol. The van der Waals surface area contributed by atoms with E-state index in [4.69, 9.17) is 0 Å². The van der Waals surface area contributed by atoms with Crippen molar-refractivity contribution in [1.29, 1.82) is 0 Å². The lowest BCUT2D eigenvalue weighted by Crippen LogP contribution is -2.60. The van der Waals surface area contributed by atoms with Crippen LogP contribution in [0.2, 0.25) is 0 Å². The number of piperazine rings is 1. The summed E-state index contributed by atoms with van der Waals surface area (Å²) in [6.07, 6.45) is 1.37. The fourth-order valence-electron chi connectivity index (χ4n) is 4.35. The van der Waals surface area contributed by atoms with Gasteiger partial charge in [0.05, 0.1) is 0 Å². The Bertz CT molecular complexity index is 962. The van der Waals surface area contributed by atoms with Gasteiger partial charge < -0.3 is 15.1 Å². The van der Waals surface area contributed by atoms with E-state index in [-0.39, 0.29) is 17.7 Å². The standard InChI is InChI=1S/C24H28N4O3/c1-25-23(30)21-17-26(16-18-7-3-2-4-8-18)13-14-28(21)24(31)19-9-5-10-20(15-19)27-12-6-11-22(27)29/h2-5,7-10,15,21H,6,11-14,16-17H2,1H3,(H,25,30). The van der Waals surface area contributed by atoms with E-state index in [1.165, 1.54) is 5.56 Å². The van der Waals surface area contributed by atoms with Gasteiger partial charge in [-0.3, -0.25) is 19.3 Å². The van der Waals surface area contributed by atoms with E-state index in [0.717, 1.165) is 18.7 Å². The number of likely N-dealkylation sites (N-methyl/N-ethyl adjacent to an activating group) is 1. The van der Waals surface area contributed by atoms with Crippen LogP contribution in [-0.4, -0.2) is 66.8 Å². The fourth-order valence-corrected chi connectivity index (χ4v) is 4.35. The highest BCUT2D eigenvalue weighted by Gasteiger charge is 2.35. The van der Waals surface area contributed by atoms with E-state index in [2.05, 4.69) is 22.3 Å². The first-order valence-corrected chi connectivity index (χ1v) is 10.8. The van der Waals surface area contributed by atoms with Crippen LogP contribution in [0.3, 0.4) is 0 Å². The Morgan fingerprint density at radius 3 is 2.55 bits per heavy atom. The van der Waals surface area contributed by atoms with Crippen LogP contribution in [0.1, 0.15) is 28.8 Å². The molecule has 7 nitrogen and oxygen atoms in total. The lowest BCUT2D eigenvalue weighted by atomic mass is 10.1. The van der Waals surface area contributed by atoms with Crippen LogP contribution in [0.5, 0.6) is 0 Å². The number of rotatable bonds is 5. The van der Waals surface area contributed by atoms with E-state index in [1.807, 2.05) is 24.3 Å². The van der Waals surface area contributed by atoms with Crippen LogP contribution in [0.4, 0.5) is 5.69 Å². The zero-order valence-electron chi connectivity index (χ0n) is 17.8. The van der Waals surface area contributed by atoms with Crippen LogP contribution in [-0.2, 0) is 16.1 Å². The molecule has 2 aromatic rings. The van der Waals surface area contributed by atoms with Crippen molar-refractivity contribution in [2.45, 2.75) is 25.4 Å². The predicted molar refractivity (Wildman–Crippen MR) is 119 cm³/mol. The molecule has 31 heavy (non-hydrogen) atoms. The Morgan fingerprint density at radius 1 is 1.03 bits per heavy atom. The lowest BCUT2D eigenvalue weighted by Gasteiger charge is -2.40. The highest BCUT2D eigenvalue weighted by atomic mass is 16.2. The minimum Gasteiger partial charge on any atom is -0.357 e. The highest BCUT2D eigenvalue weighted by molar-refractivity contribution is 6.00. The van der Waals surface area contributed by atoms with E-state index in [9.17, 15) is 14.4 Å². The molecule has 2 saturated heterocycles. The van der Waals surface area contributed by atoms with Crippen LogP contribution >= 0.6 is 0 Å². The lowest BCUT2D eigenvalue weighted by molar-refractivity contribution is -0.127. The largest absolute Gasteiger partial charge is 0.357 e. The van der Waals surface area contributed by atoms with Gasteiger partial charge in [-0.05, 0) is 30.2 Å². The fraction of sp³-hybridized carbons (Fsp3) is 0.375. The third-order valence-electron chi connectivity index (χ3n) is 6.00. The molecule has 3 amide bonds. The second kappa shape index (κ2) is 9.31. The minimum absolute atomic E-state index is 0.0855. The molecule has 1 unspecified atom stereocenters. The Labute approximate surface area is 182 Å². The second-order valence-corrected chi connectivity index (χ2v) is 8.05. The first-order chi connectivity index (χ1) is 15.1. The van der Waals surface area contributed by atoms with Crippen molar-refractivity contribution in [2.24, 2.45) is 0 Å². The van der Waals surface area contributed by atoms with Crippen molar-refractivity contribution in [3.05, 3.63) is 65.7 Å². The molecular formula is C24H28N4O3. The molecule has 2 aliphatic heterocycles. The number of nitrogens with zero attached hydrogens (tertiary/aromatic N) is 3. The summed E-state index contributed by atoms with van der Waals surface area (Å²) in [7, 11) is 1.60. The third-order valence-corrected chi connectivity index (χ3v) is 6.00. The maximum Gasteiger partial charge on any atom is 0.254 e. The van der Waals surface area contributed by atoms with Gasteiger partial charge in [0.2, 0.25) is 11.8 Å². The Morgan fingerprint density at radius 2 is 1.84 bits per heavy atom. The summed E-state index contributed by atoms with van der Waals surface area (Å²) in [6.45, 7) is 3.05. The molecular weight excluding hydrogens is 392 g/mol. The SMILES string of the molecule is CNC(=O)C1CN(Cc2ccccc2)CCN1C(=O)c1cccc(N2CCCC2=O)c1. The predicted octanol–water partition coefficient (Wildman–Crippen LogP) is 1.89. The van der Waals surface area contributed by atoms with Crippen molar-refractivity contribution < 1.29 is 14.4 Å². The van der Waals surface area contributed by atoms with Gasteiger partial charge in [-0.1, -0.05) is 36.4 Å². The van der Waals surface area contributed by atoms with Crippen LogP contribution in [0.25, 0.3) is 0 Å². The van der Waals surface area contributed by atoms with Crippen LogP contribution in [0, 0.1) is 0 Å². The molecule has 2 fully saturated rings. The molecule has 0 radical (unpaired) electrons. The molecule has 2 aliphatic rings. The van der Waals surface area contributed by atoms with Crippen molar-refractivity contribution in [3.8, 4) is 0 Å². The van der Waals surface area contributed by atoms with Gasteiger partial charge in [-0.2, -0.15) is 0 Å². The minimum atomic E-state index is -0.563. The normalized spacial score (nSPS) is 19.5. The van der Waals surface area contributed by atoms with E-state index >= 15 is 0 Å². The number of benzene rings is 2. The maximum absolute atomic E-state index is 13.4. The number of hydrogen-bond acceptors (Lipinski definition) is 4. The summed E-state index contributed by atoms with van der Waals surface area (Å²) >= 11 is 0. The topological polar surface area (TPSA) is 73.0 Å². The number of amides is 3. The molecule has 162 valence electrons. The molecule has 0 aromatic heterocycles. The quantitative estimate of drug-likeness (QED) is 0.802. The average Bonchev–Trinajstić information content (AvgIpc) is 3.24. The summed E-state index contributed by atoms with van der Waals surface area (Å²) in [5.74, 6) is -0.263. The van der Waals surface area contributed by atoms with Crippen molar-refractivity contribution in [1.82, 2.24) is 15.1 Å². The summed E-state index contributed by atoms with van der Waals surface area (Å²) in [4.78, 5) is 43.7. The highest BCUT2D eigenvalue weighted by Crippen LogP contribution is 2.24. The third kappa shape index (κ3) is 4.61. The molecule has 0 spiro atoms. The second-order valence-electron chi connectivity index (χ2n) is 8.05. The number of anilines is 1. The molecule has 2 heterocycles. The smallest absolute Gasteiger partial charge is 0.254 e. The Balaban J connectivity index is 1.51. The zero-order valence-corrected chi connectivity index (χ0v) is 17.8. The molecule has 1 atom stereocenters. The average molecular weight is 421 g/mol. The van der Waals surface area contributed by atoms with Gasteiger partial charge in [0.25, 0.3) is 5.91 Å². The molecule has 0 saturated carbocycles. The van der Waals surface area contributed by atoms with E-state index in [1.54, 1.807) is 35.0 Å². The van der Waals surface area contributed by atoms with Gasteiger partial charge in [0.1, 0.15) is 6.04 Å². The van der Waals surface area contributed by atoms with Crippen molar-refractivity contribution in [3.63, 3.8) is 0 Å². The number of carbonyl (C=O) groups is 3. The van der Waals surface area contributed by atoms with Gasteiger partial charge in [-0.25, -0.2) is 0 Å². The van der Waals surface area contributed by atoms with Crippen molar-refractivity contribution in [2.75, 3.05) is 38.1 Å². The van der Waals surface area contributed by atoms with E-state index in [0.29, 0.717) is 38.2 Å². The first-order valence-electron chi connectivity index (χ1n) is 10.8. The Kier molecular flexibility index (Phi) is 6.32. The number of hydrogen-bond donors (Lipinski definition) is 1. The molecule has 7 heteroatoms. The van der Waals surface area contributed by atoms with Gasteiger partial charge in [0, 0.05) is 57.4 Å². The molecule has 0 bridgehead atoms. The summed E-state index contributed by atoms with van der Waals surface area (Å²) in [5.41, 5.74) is 2.43. The van der Waals surface area contributed by atoms with Gasteiger partial charge in [0.15, 0.2) is 0 Å². The Hall–Kier alpha value is -3.19. The summed E-state index contributed by atoms with van der Waals surface area (Å²) in [5, 5.41) is 2.70. The summed E-state index contributed by atoms with van der Waals surface area (Å²) in [6, 6.07) is 16.7. The molecule has 4 rings (SSSR count). The molecule has 2 aromatic carbocycles. The van der Waals surface area contributed by atoms with Gasteiger partial charge >= 0.3 is 0 Å². The van der Waals surface area contributed by atoms with Gasteiger partial charge in [-0.15, -0.1) is 0 Å². The molecule has 1 N–H and O–H groups in total. The number of carbonyl (C=O) groups excluding carboxylic acids is 3. The summed E-state index contributed by atoms with van der Waals surface area (Å²) < 4.78 is 0. The molecule has 0 aliphatic carbocycles. The van der Waals surface area contributed by atoms with Crippen molar-refractivity contribution >= 4 is 23.4 Å². The zero-order chi connectivity index (χ0) is 21.8. The van der Waals surface area contributed by atoms with Crippen LogP contribution in [0.15, 0.2) is 54.6 Å². The van der Waals surface area contributed by atoms with E-state index < -0.39 is 6.04 Å². The first kappa shape index (κ1) is 21.1.